The van der Waals surface area contributed by atoms with Gasteiger partial charge >= 0.3 is 0 Å². The molecule has 0 heterocycles. The van der Waals surface area contributed by atoms with Gasteiger partial charge in [-0.25, -0.2) is 4.39 Å². The number of thioether (sulfide) groups is 1. The first-order chi connectivity index (χ1) is 8.83. The van der Waals surface area contributed by atoms with E-state index in [0.29, 0.717) is 0 Å². The molecular formula is C14H22FNOS. The van der Waals surface area contributed by atoms with Gasteiger partial charge in [0.25, 0.3) is 0 Å². The normalized spacial score (nSPS) is 10.8. The third-order valence-corrected chi connectivity index (χ3v) is 3.40. The first kappa shape index (κ1) is 15.5. The van der Waals surface area contributed by atoms with Crippen LogP contribution in [0.4, 0.5) is 4.39 Å². The Morgan fingerprint density at radius 2 is 2.17 bits per heavy atom. The zero-order valence-electron chi connectivity index (χ0n) is 11.0. The van der Waals surface area contributed by atoms with E-state index in [2.05, 4.69) is 12.2 Å². The van der Waals surface area contributed by atoms with Gasteiger partial charge < -0.3 is 10.1 Å². The molecule has 0 spiro atoms. The van der Waals surface area contributed by atoms with Gasteiger partial charge in [-0.05, 0) is 24.6 Å². The highest BCUT2D eigenvalue weighted by molar-refractivity contribution is 7.99. The topological polar surface area (TPSA) is 21.3 Å². The zero-order chi connectivity index (χ0) is 13.1. The van der Waals surface area contributed by atoms with Crippen molar-refractivity contribution in [3.05, 3.63) is 30.1 Å². The van der Waals surface area contributed by atoms with Crippen LogP contribution in [-0.2, 0) is 4.74 Å². The van der Waals surface area contributed by atoms with Gasteiger partial charge in [0.2, 0.25) is 0 Å². The number of hydrogen-bond donors (Lipinski definition) is 1. The summed E-state index contributed by atoms with van der Waals surface area (Å²) in [7, 11) is 0. The van der Waals surface area contributed by atoms with Crippen LogP contribution >= 0.6 is 11.8 Å². The molecule has 18 heavy (non-hydrogen) atoms. The Bertz CT molecular complexity index is 322. The molecule has 0 unspecified atom stereocenters. The van der Waals surface area contributed by atoms with Crippen LogP contribution in [0.15, 0.2) is 29.2 Å². The summed E-state index contributed by atoms with van der Waals surface area (Å²) in [5.41, 5.74) is 0. The van der Waals surface area contributed by atoms with E-state index in [1.807, 2.05) is 6.07 Å². The van der Waals surface area contributed by atoms with Gasteiger partial charge in [0, 0.05) is 30.3 Å². The second kappa shape index (κ2) is 10.4. The summed E-state index contributed by atoms with van der Waals surface area (Å²) in [5.74, 6) is 0.774. The SMILES string of the molecule is CCCCOCCNCCSc1cccc(F)c1. The monoisotopic (exact) mass is 271 g/mol. The maximum atomic E-state index is 12.9. The van der Waals surface area contributed by atoms with E-state index in [0.717, 1.165) is 43.4 Å². The minimum absolute atomic E-state index is 0.169. The molecule has 0 saturated carbocycles. The van der Waals surface area contributed by atoms with Crippen molar-refractivity contribution < 1.29 is 9.13 Å². The average Bonchev–Trinajstić information content (AvgIpc) is 2.37. The molecule has 0 radical (unpaired) electrons. The molecule has 0 amide bonds. The van der Waals surface area contributed by atoms with Crippen molar-refractivity contribution in [1.82, 2.24) is 5.32 Å². The maximum absolute atomic E-state index is 12.9. The summed E-state index contributed by atoms with van der Waals surface area (Å²) in [5, 5.41) is 3.31. The van der Waals surface area contributed by atoms with Crippen molar-refractivity contribution in [1.29, 1.82) is 0 Å². The van der Waals surface area contributed by atoms with E-state index in [1.54, 1.807) is 23.9 Å². The van der Waals surface area contributed by atoms with Crippen LogP contribution in [0.1, 0.15) is 19.8 Å². The molecule has 0 atom stereocenters. The molecule has 1 aromatic carbocycles. The van der Waals surface area contributed by atoms with Gasteiger partial charge in [-0.3, -0.25) is 0 Å². The summed E-state index contributed by atoms with van der Waals surface area (Å²) in [6.45, 7) is 5.58. The van der Waals surface area contributed by atoms with Crippen LogP contribution < -0.4 is 5.32 Å². The Balaban J connectivity index is 1.92. The molecule has 0 bridgehead atoms. The van der Waals surface area contributed by atoms with Gasteiger partial charge in [0.1, 0.15) is 5.82 Å². The second-order valence-electron chi connectivity index (χ2n) is 4.02. The molecule has 1 aromatic rings. The fourth-order valence-electron chi connectivity index (χ4n) is 1.42. The lowest BCUT2D eigenvalue weighted by Crippen LogP contribution is -2.22. The van der Waals surface area contributed by atoms with E-state index >= 15 is 0 Å². The summed E-state index contributed by atoms with van der Waals surface area (Å²) in [6.07, 6.45) is 2.31. The molecule has 0 saturated heterocycles. The van der Waals surface area contributed by atoms with E-state index in [4.69, 9.17) is 4.74 Å². The molecule has 1 rings (SSSR count). The number of halogens is 1. The van der Waals surface area contributed by atoms with Crippen LogP contribution in [0, 0.1) is 5.82 Å². The Morgan fingerprint density at radius 1 is 1.28 bits per heavy atom. The number of rotatable bonds is 10. The first-order valence-corrected chi connectivity index (χ1v) is 7.48. The van der Waals surface area contributed by atoms with Gasteiger partial charge in [-0.15, -0.1) is 11.8 Å². The Kier molecular flexibility index (Phi) is 8.90. The maximum Gasteiger partial charge on any atom is 0.124 e. The largest absolute Gasteiger partial charge is 0.380 e. The smallest absolute Gasteiger partial charge is 0.124 e. The van der Waals surface area contributed by atoms with Gasteiger partial charge in [-0.2, -0.15) is 0 Å². The summed E-state index contributed by atoms with van der Waals surface area (Å²) >= 11 is 1.66. The highest BCUT2D eigenvalue weighted by Gasteiger charge is 1.96. The van der Waals surface area contributed by atoms with E-state index < -0.39 is 0 Å². The molecular weight excluding hydrogens is 249 g/mol. The number of ether oxygens (including phenoxy) is 1. The molecule has 0 aliphatic rings. The van der Waals surface area contributed by atoms with Gasteiger partial charge in [0.05, 0.1) is 6.61 Å². The fourth-order valence-corrected chi connectivity index (χ4v) is 2.27. The summed E-state index contributed by atoms with van der Waals surface area (Å²) < 4.78 is 18.3. The van der Waals surface area contributed by atoms with Crippen molar-refractivity contribution in [2.75, 3.05) is 32.1 Å². The number of unbranched alkanes of at least 4 members (excludes halogenated alkanes) is 1. The van der Waals surface area contributed by atoms with E-state index in [-0.39, 0.29) is 5.82 Å². The lowest BCUT2D eigenvalue weighted by Gasteiger charge is -2.06. The van der Waals surface area contributed by atoms with Crippen molar-refractivity contribution in [3.63, 3.8) is 0 Å². The molecule has 0 aromatic heterocycles. The van der Waals surface area contributed by atoms with E-state index in [1.165, 1.54) is 12.5 Å². The predicted molar refractivity (Wildman–Crippen MR) is 75.7 cm³/mol. The molecule has 2 nitrogen and oxygen atoms in total. The summed E-state index contributed by atoms with van der Waals surface area (Å²) in [4.78, 5) is 0.982. The third-order valence-electron chi connectivity index (χ3n) is 2.41. The van der Waals surface area contributed by atoms with Crippen LogP contribution in [0.3, 0.4) is 0 Å². The Labute approximate surface area is 113 Å². The van der Waals surface area contributed by atoms with Crippen molar-refractivity contribution in [2.45, 2.75) is 24.7 Å². The molecule has 0 aliphatic heterocycles. The number of nitrogens with one attached hydrogen (secondary N) is 1. The summed E-state index contributed by atoms with van der Waals surface area (Å²) in [6, 6.07) is 6.71. The van der Waals surface area contributed by atoms with E-state index in [9.17, 15) is 4.39 Å². The van der Waals surface area contributed by atoms with Gasteiger partial charge in [0.15, 0.2) is 0 Å². The Hall–Kier alpha value is -0.580. The van der Waals surface area contributed by atoms with Crippen molar-refractivity contribution >= 4 is 11.8 Å². The van der Waals surface area contributed by atoms with Crippen LogP contribution in [-0.4, -0.2) is 32.1 Å². The standard InChI is InChI=1S/C14H22FNOS/c1-2-3-9-17-10-7-16-8-11-18-14-6-4-5-13(15)12-14/h4-6,12,16H,2-3,7-11H2,1H3. The lowest BCUT2D eigenvalue weighted by atomic mass is 10.4. The Morgan fingerprint density at radius 3 is 2.94 bits per heavy atom. The predicted octanol–water partition coefficient (Wildman–Crippen LogP) is 3.32. The van der Waals surface area contributed by atoms with Crippen molar-refractivity contribution in [3.8, 4) is 0 Å². The molecule has 102 valence electrons. The fraction of sp³-hybridized carbons (Fsp3) is 0.571. The molecule has 0 fully saturated rings. The minimum atomic E-state index is -0.169. The van der Waals surface area contributed by atoms with Crippen LogP contribution in [0.25, 0.3) is 0 Å². The lowest BCUT2D eigenvalue weighted by molar-refractivity contribution is 0.133. The van der Waals surface area contributed by atoms with Crippen LogP contribution in [0.2, 0.25) is 0 Å². The van der Waals surface area contributed by atoms with Gasteiger partial charge in [-0.1, -0.05) is 19.4 Å². The number of hydrogen-bond acceptors (Lipinski definition) is 3. The minimum Gasteiger partial charge on any atom is -0.380 e. The highest BCUT2D eigenvalue weighted by Crippen LogP contribution is 2.17. The van der Waals surface area contributed by atoms with Crippen molar-refractivity contribution in [2.24, 2.45) is 0 Å². The number of benzene rings is 1. The highest BCUT2D eigenvalue weighted by atomic mass is 32.2. The first-order valence-electron chi connectivity index (χ1n) is 6.49. The second-order valence-corrected chi connectivity index (χ2v) is 5.19. The molecule has 0 aliphatic carbocycles. The average molecular weight is 271 g/mol. The molecule has 4 heteroatoms. The zero-order valence-corrected chi connectivity index (χ0v) is 11.8. The molecule has 1 N–H and O–H groups in total. The third kappa shape index (κ3) is 7.69. The quantitative estimate of drug-likeness (QED) is 0.521. The van der Waals surface area contributed by atoms with Crippen LogP contribution in [0.5, 0.6) is 0 Å².